The first-order chi connectivity index (χ1) is 7.70. The van der Waals surface area contributed by atoms with Crippen LogP contribution in [-0.4, -0.2) is 39.7 Å². The molecule has 1 aliphatic rings. The minimum atomic E-state index is -0.0602. The Labute approximate surface area is 95.4 Å². The molecule has 1 saturated heterocycles. The number of rotatable bonds is 3. The maximum atomic E-state index is 11.8. The van der Waals surface area contributed by atoms with Crippen LogP contribution in [0.15, 0.2) is 12.4 Å². The Hall–Kier alpha value is -1.36. The highest BCUT2D eigenvalue weighted by atomic mass is 16.2. The van der Waals surface area contributed by atoms with Crippen molar-refractivity contribution < 1.29 is 4.79 Å². The Bertz CT molecular complexity index is 374. The van der Waals surface area contributed by atoms with Gasteiger partial charge in [0.05, 0.1) is 12.2 Å². The highest BCUT2D eigenvalue weighted by Crippen LogP contribution is 2.08. The zero-order chi connectivity index (χ0) is 11.5. The SMILES string of the molecule is CCn1cc(CN2CCNC(C)C2=O)cn1. The quantitative estimate of drug-likeness (QED) is 0.796. The van der Waals surface area contributed by atoms with Crippen molar-refractivity contribution in [2.24, 2.45) is 0 Å². The van der Waals surface area contributed by atoms with Gasteiger partial charge >= 0.3 is 0 Å². The lowest BCUT2D eigenvalue weighted by molar-refractivity contribution is -0.135. The first kappa shape index (κ1) is 11.1. The molecule has 88 valence electrons. The Kier molecular flexibility index (Phi) is 3.24. The van der Waals surface area contributed by atoms with Gasteiger partial charge in [0, 0.05) is 37.9 Å². The van der Waals surface area contributed by atoms with Crippen LogP contribution in [-0.2, 0) is 17.9 Å². The van der Waals surface area contributed by atoms with Crippen LogP contribution < -0.4 is 5.32 Å². The lowest BCUT2D eigenvalue weighted by atomic mass is 10.2. The summed E-state index contributed by atoms with van der Waals surface area (Å²) in [5.74, 6) is 0.176. The zero-order valence-electron chi connectivity index (χ0n) is 9.81. The first-order valence-electron chi connectivity index (χ1n) is 5.74. The van der Waals surface area contributed by atoms with Crippen molar-refractivity contribution in [3.63, 3.8) is 0 Å². The lowest BCUT2D eigenvalue weighted by Gasteiger charge is -2.31. The maximum Gasteiger partial charge on any atom is 0.239 e. The number of hydrogen-bond acceptors (Lipinski definition) is 3. The van der Waals surface area contributed by atoms with Crippen LogP contribution in [0.3, 0.4) is 0 Å². The fourth-order valence-corrected chi connectivity index (χ4v) is 1.93. The Morgan fingerprint density at radius 2 is 2.44 bits per heavy atom. The number of hydrogen-bond donors (Lipinski definition) is 1. The van der Waals surface area contributed by atoms with Crippen molar-refractivity contribution in [2.45, 2.75) is 33.0 Å². The fraction of sp³-hybridized carbons (Fsp3) is 0.636. The van der Waals surface area contributed by atoms with Crippen molar-refractivity contribution in [3.8, 4) is 0 Å². The van der Waals surface area contributed by atoms with Crippen LogP contribution in [0.5, 0.6) is 0 Å². The zero-order valence-corrected chi connectivity index (χ0v) is 9.81. The summed E-state index contributed by atoms with van der Waals surface area (Å²) in [6.07, 6.45) is 3.84. The normalized spacial score (nSPS) is 21.5. The standard InChI is InChI=1S/C11H18N4O/c1-3-15-8-10(6-13-15)7-14-5-4-12-9(2)11(14)16/h6,8-9,12H,3-5,7H2,1-2H3. The highest BCUT2D eigenvalue weighted by molar-refractivity contribution is 5.82. The van der Waals surface area contributed by atoms with Gasteiger partial charge in [0.2, 0.25) is 5.91 Å². The number of amides is 1. The molecule has 0 bridgehead atoms. The fourth-order valence-electron chi connectivity index (χ4n) is 1.93. The van der Waals surface area contributed by atoms with Gasteiger partial charge < -0.3 is 10.2 Å². The molecule has 2 heterocycles. The number of nitrogens with one attached hydrogen (secondary N) is 1. The third-order valence-corrected chi connectivity index (χ3v) is 2.90. The summed E-state index contributed by atoms with van der Waals surface area (Å²) in [7, 11) is 0. The second kappa shape index (κ2) is 4.65. The summed E-state index contributed by atoms with van der Waals surface area (Å²) in [4.78, 5) is 13.7. The van der Waals surface area contributed by atoms with Crippen LogP contribution in [0, 0.1) is 0 Å². The number of piperazine rings is 1. The van der Waals surface area contributed by atoms with Crippen LogP contribution >= 0.6 is 0 Å². The van der Waals surface area contributed by atoms with Gasteiger partial charge in [-0.15, -0.1) is 0 Å². The number of nitrogens with zero attached hydrogens (tertiary/aromatic N) is 3. The van der Waals surface area contributed by atoms with Crippen molar-refractivity contribution in [2.75, 3.05) is 13.1 Å². The van der Waals surface area contributed by atoms with Crippen molar-refractivity contribution >= 4 is 5.91 Å². The highest BCUT2D eigenvalue weighted by Gasteiger charge is 2.24. The van der Waals surface area contributed by atoms with Gasteiger partial charge in [0.15, 0.2) is 0 Å². The largest absolute Gasteiger partial charge is 0.336 e. The summed E-state index contributed by atoms with van der Waals surface area (Å²) in [6.45, 7) is 7.14. The molecule has 0 spiro atoms. The molecule has 1 fully saturated rings. The number of aromatic nitrogens is 2. The minimum Gasteiger partial charge on any atom is -0.336 e. The average Bonchev–Trinajstić information content (AvgIpc) is 2.73. The third-order valence-electron chi connectivity index (χ3n) is 2.90. The molecule has 0 saturated carbocycles. The Morgan fingerprint density at radius 1 is 1.62 bits per heavy atom. The molecule has 0 aromatic carbocycles. The predicted octanol–water partition coefficient (Wildman–Crippen LogP) is 0.223. The van der Waals surface area contributed by atoms with Gasteiger partial charge in [0.25, 0.3) is 0 Å². The Morgan fingerprint density at radius 3 is 3.12 bits per heavy atom. The molecule has 2 rings (SSSR count). The van der Waals surface area contributed by atoms with E-state index in [0.29, 0.717) is 6.54 Å². The number of carbonyl (C=O) groups excluding carboxylic acids is 1. The molecule has 16 heavy (non-hydrogen) atoms. The van der Waals surface area contributed by atoms with Gasteiger partial charge in [-0.25, -0.2) is 0 Å². The summed E-state index contributed by atoms with van der Waals surface area (Å²) in [5, 5.41) is 7.36. The van der Waals surface area contributed by atoms with E-state index in [1.54, 1.807) is 0 Å². The second-order valence-corrected chi connectivity index (χ2v) is 4.14. The van der Waals surface area contributed by atoms with E-state index >= 15 is 0 Å². The van der Waals surface area contributed by atoms with E-state index in [0.717, 1.165) is 25.2 Å². The summed E-state index contributed by atoms with van der Waals surface area (Å²) >= 11 is 0. The van der Waals surface area contributed by atoms with Gasteiger partial charge in [-0.2, -0.15) is 5.10 Å². The van der Waals surface area contributed by atoms with Crippen LogP contribution in [0.1, 0.15) is 19.4 Å². The molecule has 0 aliphatic carbocycles. The molecule has 1 aromatic heterocycles. The van der Waals surface area contributed by atoms with E-state index < -0.39 is 0 Å². The third kappa shape index (κ3) is 2.24. The smallest absolute Gasteiger partial charge is 0.239 e. The number of carbonyl (C=O) groups is 1. The van der Waals surface area contributed by atoms with E-state index in [4.69, 9.17) is 0 Å². The lowest BCUT2D eigenvalue weighted by Crippen LogP contribution is -2.53. The maximum absolute atomic E-state index is 11.8. The first-order valence-corrected chi connectivity index (χ1v) is 5.74. The second-order valence-electron chi connectivity index (χ2n) is 4.14. The monoisotopic (exact) mass is 222 g/mol. The summed E-state index contributed by atoms with van der Waals surface area (Å²) < 4.78 is 1.88. The molecule has 0 radical (unpaired) electrons. The van der Waals surface area contributed by atoms with Crippen molar-refractivity contribution in [1.82, 2.24) is 20.0 Å². The van der Waals surface area contributed by atoms with Crippen LogP contribution in [0.4, 0.5) is 0 Å². The van der Waals surface area contributed by atoms with E-state index in [9.17, 15) is 4.79 Å². The van der Waals surface area contributed by atoms with E-state index in [1.165, 1.54) is 0 Å². The average molecular weight is 222 g/mol. The molecule has 1 unspecified atom stereocenters. The topological polar surface area (TPSA) is 50.2 Å². The van der Waals surface area contributed by atoms with E-state index in [1.807, 2.05) is 28.9 Å². The Balaban J connectivity index is 2.00. The van der Waals surface area contributed by atoms with Crippen molar-refractivity contribution in [3.05, 3.63) is 18.0 Å². The van der Waals surface area contributed by atoms with Gasteiger partial charge in [-0.05, 0) is 13.8 Å². The minimum absolute atomic E-state index is 0.0602. The van der Waals surface area contributed by atoms with Gasteiger partial charge in [0.1, 0.15) is 0 Å². The van der Waals surface area contributed by atoms with Crippen LogP contribution in [0.2, 0.25) is 0 Å². The molecule has 1 aromatic rings. The molecule has 1 amide bonds. The molecular weight excluding hydrogens is 204 g/mol. The van der Waals surface area contributed by atoms with Gasteiger partial charge in [-0.1, -0.05) is 0 Å². The summed E-state index contributed by atoms with van der Waals surface area (Å²) in [5.41, 5.74) is 1.10. The molecule has 1 N–H and O–H groups in total. The molecular formula is C11H18N4O. The number of aryl methyl sites for hydroxylation is 1. The van der Waals surface area contributed by atoms with Crippen LogP contribution in [0.25, 0.3) is 0 Å². The molecule has 1 aliphatic heterocycles. The predicted molar refractivity (Wildman–Crippen MR) is 60.8 cm³/mol. The molecule has 5 nitrogen and oxygen atoms in total. The molecule has 5 heteroatoms. The van der Waals surface area contributed by atoms with E-state index in [-0.39, 0.29) is 11.9 Å². The van der Waals surface area contributed by atoms with Gasteiger partial charge in [-0.3, -0.25) is 9.48 Å². The summed E-state index contributed by atoms with van der Waals surface area (Å²) in [6, 6.07) is -0.0602. The molecule has 1 atom stereocenters. The van der Waals surface area contributed by atoms with Crippen molar-refractivity contribution in [1.29, 1.82) is 0 Å². The van der Waals surface area contributed by atoms with E-state index in [2.05, 4.69) is 17.3 Å².